The molecule has 2 aromatic heterocycles. The molecule has 4 heterocycles. The van der Waals surface area contributed by atoms with E-state index in [2.05, 4.69) is 20.3 Å². The highest BCUT2D eigenvalue weighted by Gasteiger charge is 2.43. The number of piperidine rings is 1. The standard InChI is InChI=1S/C20H22FN5O2/c1-10-24-19-16(28-10)6-4-12(20(19)27)14-8-23-17(9-22-14)26(2)15-7-11-3-5-13(25-11)18(15)21/h4,6,8-9,11,13,15,18,25,27H,3,5,7H2,1-2H3/t11?,13-,15+,18-/m0/s1. The summed E-state index contributed by atoms with van der Waals surface area (Å²) in [4.78, 5) is 15.0. The maximum absolute atomic E-state index is 14.8. The maximum atomic E-state index is 14.8. The minimum Gasteiger partial charge on any atom is -0.505 e. The molecule has 28 heavy (non-hydrogen) atoms. The fourth-order valence-corrected chi connectivity index (χ4v) is 4.46. The van der Waals surface area contributed by atoms with Crippen molar-refractivity contribution in [3.63, 3.8) is 0 Å². The van der Waals surface area contributed by atoms with Crippen LogP contribution < -0.4 is 10.2 Å². The molecular weight excluding hydrogens is 361 g/mol. The number of aryl methyl sites for hydroxylation is 1. The average molecular weight is 383 g/mol. The Kier molecular flexibility index (Phi) is 3.97. The number of benzene rings is 1. The first-order chi connectivity index (χ1) is 13.5. The van der Waals surface area contributed by atoms with Gasteiger partial charge in [0.1, 0.15) is 12.0 Å². The van der Waals surface area contributed by atoms with E-state index in [0.29, 0.717) is 40.1 Å². The van der Waals surface area contributed by atoms with Crippen molar-refractivity contribution in [1.82, 2.24) is 20.3 Å². The molecule has 4 atom stereocenters. The molecule has 2 fully saturated rings. The number of fused-ring (bicyclic) bond motifs is 3. The Labute approximate surface area is 161 Å². The fourth-order valence-electron chi connectivity index (χ4n) is 4.46. The Hall–Kier alpha value is -2.74. The first-order valence-electron chi connectivity index (χ1n) is 9.55. The molecule has 2 aliphatic rings. The van der Waals surface area contributed by atoms with Crippen molar-refractivity contribution < 1.29 is 13.9 Å². The average Bonchev–Trinajstić information content (AvgIpc) is 3.28. The van der Waals surface area contributed by atoms with E-state index >= 15 is 0 Å². The number of aromatic hydroxyl groups is 1. The van der Waals surface area contributed by atoms with E-state index in [9.17, 15) is 9.50 Å². The molecular formula is C20H22FN5O2. The number of hydrogen-bond donors (Lipinski definition) is 2. The summed E-state index contributed by atoms with van der Waals surface area (Å²) in [5, 5.41) is 13.9. The molecule has 5 rings (SSSR count). The molecule has 0 spiro atoms. The molecule has 2 bridgehead atoms. The molecule has 0 radical (unpaired) electrons. The van der Waals surface area contributed by atoms with Gasteiger partial charge in [0.15, 0.2) is 22.7 Å². The van der Waals surface area contributed by atoms with Crippen LogP contribution in [0.1, 0.15) is 25.2 Å². The van der Waals surface area contributed by atoms with Crippen LogP contribution in [-0.2, 0) is 0 Å². The van der Waals surface area contributed by atoms with E-state index in [4.69, 9.17) is 4.42 Å². The van der Waals surface area contributed by atoms with Crippen molar-refractivity contribution in [3.8, 4) is 17.0 Å². The normalized spacial score (nSPS) is 26.7. The van der Waals surface area contributed by atoms with Crippen LogP contribution in [0.15, 0.2) is 28.9 Å². The van der Waals surface area contributed by atoms with Gasteiger partial charge in [-0.05, 0) is 31.4 Å². The summed E-state index contributed by atoms with van der Waals surface area (Å²) < 4.78 is 20.3. The molecule has 7 nitrogen and oxygen atoms in total. The van der Waals surface area contributed by atoms with E-state index < -0.39 is 6.17 Å². The van der Waals surface area contributed by atoms with Gasteiger partial charge in [0.05, 0.1) is 24.1 Å². The van der Waals surface area contributed by atoms with E-state index in [-0.39, 0.29) is 17.8 Å². The van der Waals surface area contributed by atoms with Gasteiger partial charge in [-0.1, -0.05) is 0 Å². The topological polar surface area (TPSA) is 87.3 Å². The zero-order chi connectivity index (χ0) is 19.4. The van der Waals surface area contributed by atoms with Crippen LogP contribution in [0.25, 0.3) is 22.4 Å². The van der Waals surface area contributed by atoms with Crippen LogP contribution in [0.4, 0.5) is 10.2 Å². The number of hydrogen-bond acceptors (Lipinski definition) is 7. The predicted octanol–water partition coefficient (Wildman–Crippen LogP) is 2.97. The summed E-state index contributed by atoms with van der Waals surface area (Å²) in [7, 11) is 1.87. The molecule has 2 aliphatic heterocycles. The van der Waals surface area contributed by atoms with Crippen LogP contribution in [0.2, 0.25) is 0 Å². The van der Waals surface area contributed by atoms with Crippen molar-refractivity contribution in [1.29, 1.82) is 0 Å². The van der Waals surface area contributed by atoms with Crippen LogP contribution in [-0.4, -0.2) is 51.4 Å². The summed E-state index contributed by atoms with van der Waals surface area (Å²) >= 11 is 0. The number of nitrogens with zero attached hydrogens (tertiary/aromatic N) is 4. The largest absolute Gasteiger partial charge is 0.505 e. The number of halogens is 1. The molecule has 1 aromatic carbocycles. The molecule has 146 valence electrons. The first-order valence-corrected chi connectivity index (χ1v) is 9.55. The zero-order valence-corrected chi connectivity index (χ0v) is 15.8. The lowest BCUT2D eigenvalue weighted by Crippen LogP contribution is -2.55. The monoisotopic (exact) mass is 383 g/mol. The Morgan fingerprint density at radius 3 is 2.89 bits per heavy atom. The van der Waals surface area contributed by atoms with Crippen LogP contribution in [0.3, 0.4) is 0 Å². The van der Waals surface area contributed by atoms with Crippen LogP contribution in [0.5, 0.6) is 5.75 Å². The molecule has 0 amide bonds. The van der Waals surface area contributed by atoms with Gasteiger partial charge in [-0.15, -0.1) is 0 Å². The molecule has 3 aromatic rings. The van der Waals surface area contributed by atoms with Crippen molar-refractivity contribution in [2.75, 3.05) is 11.9 Å². The number of anilines is 1. The lowest BCUT2D eigenvalue weighted by molar-refractivity contribution is 0.176. The van der Waals surface area contributed by atoms with Gasteiger partial charge in [-0.25, -0.2) is 14.4 Å². The number of rotatable bonds is 3. The highest BCUT2D eigenvalue weighted by molar-refractivity contribution is 5.88. The van der Waals surface area contributed by atoms with Gasteiger partial charge >= 0.3 is 0 Å². The third kappa shape index (κ3) is 2.71. The fraction of sp³-hybridized carbons (Fsp3) is 0.450. The van der Waals surface area contributed by atoms with E-state index in [0.717, 1.165) is 19.3 Å². The van der Waals surface area contributed by atoms with Gasteiger partial charge in [0, 0.05) is 31.6 Å². The Morgan fingerprint density at radius 1 is 1.25 bits per heavy atom. The summed E-state index contributed by atoms with van der Waals surface area (Å²) in [6.45, 7) is 1.73. The second kappa shape index (κ2) is 6.41. The van der Waals surface area contributed by atoms with Gasteiger partial charge in [0.25, 0.3) is 0 Å². The van der Waals surface area contributed by atoms with Crippen LogP contribution in [0, 0.1) is 6.92 Å². The van der Waals surface area contributed by atoms with Gasteiger partial charge < -0.3 is 19.7 Å². The summed E-state index contributed by atoms with van der Waals surface area (Å²) in [5.41, 5.74) is 1.99. The number of nitrogens with one attached hydrogen (secondary N) is 1. The van der Waals surface area contributed by atoms with Gasteiger partial charge in [-0.3, -0.25) is 4.98 Å². The number of aromatic nitrogens is 3. The van der Waals surface area contributed by atoms with E-state index in [1.54, 1.807) is 31.5 Å². The predicted molar refractivity (Wildman–Crippen MR) is 103 cm³/mol. The van der Waals surface area contributed by atoms with Crippen LogP contribution >= 0.6 is 0 Å². The van der Waals surface area contributed by atoms with Crippen molar-refractivity contribution in [2.24, 2.45) is 0 Å². The second-order valence-electron chi connectivity index (χ2n) is 7.71. The maximum Gasteiger partial charge on any atom is 0.192 e. The Balaban J connectivity index is 1.42. The first kappa shape index (κ1) is 17.4. The Morgan fingerprint density at radius 2 is 2.11 bits per heavy atom. The lowest BCUT2D eigenvalue weighted by atomic mass is 9.96. The van der Waals surface area contributed by atoms with Gasteiger partial charge in [0.2, 0.25) is 0 Å². The van der Waals surface area contributed by atoms with Crippen molar-refractivity contribution >= 4 is 16.9 Å². The third-order valence-corrected chi connectivity index (χ3v) is 5.97. The minimum absolute atomic E-state index is 0.0171. The number of phenolic OH excluding ortho intramolecular Hbond substituents is 1. The SMILES string of the molecule is Cc1nc2c(O)c(-c3cnc(N(C)[C@@H]4CC5CC[C@H](N5)[C@@H]4F)cn3)ccc2o1. The smallest absolute Gasteiger partial charge is 0.192 e. The minimum atomic E-state index is -0.924. The van der Waals surface area contributed by atoms with E-state index in [1.165, 1.54) is 0 Å². The zero-order valence-electron chi connectivity index (χ0n) is 15.8. The highest BCUT2D eigenvalue weighted by Crippen LogP contribution is 2.36. The summed E-state index contributed by atoms with van der Waals surface area (Å²) in [6.07, 6.45) is 4.99. The van der Waals surface area contributed by atoms with Crippen molar-refractivity contribution in [2.45, 2.75) is 50.5 Å². The summed E-state index contributed by atoms with van der Waals surface area (Å²) in [5.74, 6) is 1.13. The molecule has 0 saturated carbocycles. The number of alkyl halides is 1. The highest BCUT2D eigenvalue weighted by atomic mass is 19.1. The quantitative estimate of drug-likeness (QED) is 0.719. The summed E-state index contributed by atoms with van der Waals surface area (Å²) in [6, 6.07) is 3.60. The second-order valence-corrected chi connectivity index (χ2v) is 7.71. The molecule has 1 unspecified atom stereocenters. The number of phenols is 1. The molecule has 0 aliphatic carbocycles. The molecule has 2 N–H and O–H groups in total. The number of oxazole rings is 1. The molecule has 2 saturated heterocycles. The van der Waals surface area contributed by atoms with Crippen molar-refractivity contribution in [3.05, 3.63) is 30.4 Å². The van der Waals surface area contributed by atoms with E-state index in [1.807, 2.05) is 11.9 Å². The molecule has 8 heteroatoms. The third-order valence-electron chi connectivity index (χ3n) is 5.97. The lowest BCUT2D eigenvalue weighted by Gasteiger charge is -2.38. The Bertz CT molecular complexity index is 1020. The van der Waals surface area contributed by atoms with Gasteiger partial charge in [-0.2, -0.15) is 0 Å².